The van der Waals surface area contributed by atoms with Crippen LogP contribution in [0.2, 0.25) is 5.02 Å². The number of hydrogen-bond donors (Lipinski definition) is 4. The van der Waals surface area contributed by atoms with Crippen LogP contribution in [0.5, 0.6) is 0 Å². The van der Waals surface area contributed by atoms with E-state index in [1.165, 1.54) is 6.20 Å². The van der Waals surface area contributed by atoms with Crippen LogP contribution >= 0.6 is 23.2 Å². The molecule has 3 rings (SSSR count). The standard InChI is InChI=1S/C21H21Cl2N5O3/c1-3-4-16-13(7-8-22)17(14-10-24-21(31)28-19(14)29)27-18(20(30)26-16)25-12-6-5-11(2)15(23)9-12/h4-7,9-10,18,25H,3,8H2,1-2H3,(H,26,30)(H2,24,28,29,31)/b13-7+,16-4+. The van der Waals surface area contributed by atoms with Gasteiger partial charge in [0.05, 0.1) is 11.3 Å². The second kappa shape index (κ2) is 9.80. The van der Waals surface area contributed by atoms with Crippen LogP contribution < -0.4 is 21.9 Å². The Kier molecular flexibility index (Phi) is 7.14. The van der Waals surface area contributed by atoms with Crippen LogP contribution in [0.1, 0.15) is 24.5 Å². The molecule has 2 heterocycles. The Morgan fingerprint density at radius 3 is 2.65 bits per heavy atom. The summed E-state index contributed by atoms with van der Waals surface area (Å²) in [7, 11) is 0. The number of aromatic amines is 2. The van der Waals surface area contributed by atoms with E-state index in [9.17, 15) is 14.4 Å². The van der Waals surface area contributed by atoms with Gasteiger partial charge in [-0.2, -0.15) is 0 Å². The molecule has 31 heavy (non-hydrogen) atoms. The predicted molar refractivity (Wildman–Crippen MR) is 123 cm³/mol. The lowest BCUT2D eigenvalue weighted by Crippen LogP contribution is -2.36. The zero-order valence-electron chi connectivity index (χ0n) is 16.9. The second-order valence-electron chi connectivity index (χ2n) is 6.76. The molecule has 0 bridgehead atoms. The lowest BCUT2D eigenvalue weighted by Gasteiger charge is -2.15. The van der Waals surface area contributed by atoms with Crippen LogP contribution in [-0.2, 0) is 4.79 Å². The molecule has 0 spiro atoms. The summed E-state index contributed by atoms with van der Waals surface area (Å²) in [5, 5.41) is 6.42. The third-order valence-electron chi connectivity index (χ3n) is 4.55. The third-order valence-corrected chi connectivity index (χ3v) is 5.11. The monoisotopic (exact) mass is 461 g/mol. The van der Waals surface area contributed by atoms with Crippen molar-refractivity contribution in [2.45, 2.75) is 26.4 Å². The Balaban J connectivity index is 2.18. The minimum absolute atomic E-state index is 0.100. The molecule has 2 aromatic rings. The number of amides is 1. The maximum absolute atomic E-state index is 13.0. The first-order valence-electron chi connectivity index (χ1n) is 9.54. The van der Waals surface area contributed by atoms with E-state index in [0.717, 1.165) is 5.56 Å². The summed E-state index contributed by atoms with van der Waals surface area (Å²) in [6.07, 6.45) is 4.27. The first kappa shape index (κ1) is 22.6. The number of allylic oxidation sites excluding steroid dienone is 3. The number of benzene rings is 1. The third kappa shape index (κ3) is 5.15. The van der Waals surface area contributed by atoms with Crippen molar-refractivity contribution >= 4 is 40.5 Å². The van der Waals surface area contributed by atoms with Gasteiger partial charge < -0.3 is 15.6 Å². The zero-order chi connectivity index (χ0) is 22.5. The first-order valence-corrected chi connectivity index (χ1v) is 10.5. The molecule has 0 saturated carbocycles. The number of carbonyl (C=O) groups excluding carboxylic acids is 1. The summed E-state index contributed by atoms with van der Waals surface area (Å²) in [5.41, 5.74) is 1.47. The van der Waals surface area contributed by atoms with E-state index in [0.29, 0.717) is 28.4 Å². The summed E-state index contributed by atoms with van der Waals surface area (Å²) in [6.45, 7) is 3.78. The van der Waals surface area contributed by atoms with Gasteiger partial charge >= 0.3 is 5.69 Å². The van der Waals surface area contributed by atoms with Gasteiger partial charge in [0.1, 0.15) is 0 Å². The molecular weight excluding hydrogens is 441 g/mol. The number of H-pyrrole nitrogens is 2. The zero-order valence-corrected chi connectivity index (χ0v) is 18.4. The molecule has 1 aliphatic rings. The molecule has 0 saturated heterocycles. The van der Waals surface area contributed by atoms with Crippen molar-refractivity contribution in [1.82, 2.24) is 15.3 Å². The number of alkyl halides is 1. The number of hydrogen-bond acceptors (Lipinski definition) is 5. The van der Waals surface area contributed by atoms with Crippen molar-refractivity contribution < 1.29 is 4.79 Å². The molecular formula is C21H21Cl2N5O3. The molecule has 0 fully saturated rings. The number of anilines is 1. The van der Waals surface area contributed by atoms with Gasteiger partial charge in [-0.1, -0.05) is 36.7 Å². The molecule has 162 valence electrons. The Hall–Kier alpha value is -3.10. The van der Waals surface area contributed by atoms with Gasteiger partial charge in [0.25, 0.3) is 11.5 Å². The van der Waals surface area contributed by atoms with Crippen LogP contribution in [0.25, 0.3) is 0 Å². The van der Waals surface area contributed by atoms with Crippen LogP contribution in [0.3, 0.4) is 0 Å². The molecule has 10 heteroatoms. The molecule has 4 N–H and O–H groups in total. The minimum Gasteiger partial charge on any atom is -0.356 e. The molecule has 1 atom stereocenters. The summed E-state index contributed by atoms with van der Waals surface area (Å²) < 4.78 is 0. The fourth-order valence-corrected chi connectivity index (χ4v) is 3.38. The number of aryl methyl sites for hydroxylation is 1. The van der Waals surface area contributed by atoms with E-state index < -0.39 is 23.3 Å². The fraction of sp³-hybridized carbons (Fsp3) is 0.238. The SMILES string of the molecule is CC/C=C1/NC(=O)C(Nc2ccc(C)c(Cl)c2)N=C(c2c[nH]c(=O)[nH]c2=O)/C1=C/CCl. The van der Waals surface area contributed by atoms with Gasteiger partial charge in [-0.3, -0.25) is 14.6 Å². The largest absolute Gasteiger partial charge is 0.356 e. The number of halogens is 2. The van der Waals surface area contributed by atoms with Gasteiger partial charge in [-0.05, 0) is 31.0 Å². The van der Waals surface area contributed by atoms with E-state index in [1.54, 1.807) is 24.3 Å². The summed E-state index contributed by atoms with van der Waals surface area (Å²) >= 11 is 12.2. The highest BCUT2D eigenvalue weighted by Gasteiger charge is 2.28. The Morgan fingerprint density at radius 2 is 2.00 bits per heavy atom. The number of aromatic nitrogens is 2. The highest BCUT2D eigenvalue weighted by Crippen LogP contribution is 2.23. The Bertz CT molecular complexity index is 1210. The van der Waals surface area contributed by atoms with E-state index in [4.69, 9.17) is 23.2 Å². The van der Waals surface area contributed by atoms with Gasteiger partial charge in [-0.25, -0.2) is 9.79 Å². The average Bonchev–Trinajstić information content (AvgIpc) is 2.83. The van der Waals surface area contributed by atoms with Crippen molar-refractivity contribution in [1.29, 1.82) is 0 Å². The minimum atomic E-state index is -1.07. The second-order valence-corrected chi connectivity index (χ2v) is 7.48. The number of nitrogens with zero attached hydrogens (tertiary/aromatic N) is 1. The van der Waals surface area contributed by atoms with E-state index in [2.05, 4.69) is 25.6 Å². The highest BCUT2D eigenvalue weighted by molar-refractivity contribution is 6.31. The maximum atomic E-state index is 13.0. The summed E-state index contributed by atoms with van der Waals surface area (Å²) in [4.78, 5) is 46.1. The molecule has 1 aromatic heterocycles. The normalized spacial score (nSPS) is 19.2. The molecule has 8 nitrogen and oxygen atoms in total. The average molecular weight is 462 g/mol. The quantitative estimate of drug-likeness (QED) is 0.511. The highest BCUT2D eigenvalue weighted by atomic mass is 35.5. The summed E-state index contributed by atoms with van der Waals surface area (Å²) in [5.74, 6) is -0.300. The van der Waals surface area contributed by atoms with Crippen molar-refractivity contribution in [2.24, 2.45) is 4.99 Å². The Labute approximate surface area is 188 Å². The van der Waals surface area contributed by atoms with E-state index >= 15 is 0 Å². The van der Waals surface area contributed by atoms with Crippen LogP contribution in [-0.4, -0.2) is 33.6 Å². The van der Waals surface area contributed by atoms with Crippen LogP contribution in [0.4, 0.5) is 5.69 Å². The molecule has 0 aliphatic carbocycles. The van der Waals surface area contributed by atoms with Crippen molar-refractivity contribution in [3.63, 3.8) is 0 Å². The molecule has 1 amide bonds. The molecule has 1 unspecified atom stereocenters. The summed E-state index contributed by atoms with van der Waals surface area (Å²) in [6, 6.07) is 5.28. The fourth-order valence-electron chi connectivity index (χ4n) is 3.04. The number of nitrogens with one attached hydrogen (secondary N) is 4. The smallest absolute Gasteiger partial charge is 0.325 e. The van der Waals surface area contributed by atoms with Crippen molar-refractivity contribution in [2.75, 3.05) is 11.2 Å². The van der Waals surface area contributed by atoms with Gasteiger partial charge in [0.15, 0.2) is 6.17 Å². The van der Waals surface area contributed by atoms with Crippen molar-refractivity contribution in [3.8, 4) is 0 Å². The van der Waals surface area contributed by atoms with E-state index in [-0.39, 0.29) is 17.2 Å². The molecule has 0 radical (unpaired) electrons. The van der Waals surface area contributed by atoms with Crippen LogP contribution in [0.15, 0.2) is 62.4 Å². The molecule has 1 aromatic carbocycles. The Morgan fingerprint density at radius 1 is 1.23 bits per heavy atom. The van der Waals surface area contributed by atoms with Crippen molar-refractivity contribution in [3.05, 3.63) is 84.8 Å². The number of carbonyl (C=O) groups is 1. The van der Waals surface area contributed by atoms with Gasteiger partial charge in [0, 0.05) is 34.1 Å². The lowest BCUT2D eigenvalue weighted by molar-refractivity contribution is -0.120. The molecule has 1 aliphatic heterocycles. The van der Waals surface area contributed by atoms with E-state index in [1.807, 2.05) is 19.9 Å². The predicted octanol–water partition coefficient (Wildman–Crippen LogP) is 2.84. The van der Waals surface area contributed by atoms with Gasteiger partial charge in [-0.15, -0.1) is 11.6 Å². The maximum Gasteiger partial charge on any atom is 0.325 e. The van der Waals surface area contributed by atoms with Gasteiger partial charge in [0.2, 0.25) is 0 Å². The first-order chi connectivity index (χ1) is 14.8. The van der Waals surface area contributed by atoms with Crippen LogP contribution in [0, 0.1) is 6.92 Å². The number of aliphatic imine (C=N–C) groups is 1. The topological polar surface area (TPSA) is 119 Å². The lowest BCUT2D eigenvalue weighted by atomic mass is 10.0. The number of rotatable bonds is 5.